The molecule has 1 aromatic rings. The maximum absolute atomic E-state index is 9.88. The Morgan fingerprint density at radius 1 is 1.12 bits per heavy atom. The first-order valence-electron chi connectivity index (χ1n) is 7.61. The summed E-state index contributed by atoms with van der Waals surface area (Å²) < 4.78 is 0. The van der Waals surface area contributed by atoms with Crippen LogP contribution < -0.4 is 5.32 Å². The lowest BCUT2D eigenvalue weighted by Gasteiger charge is -2.22. The number of carboxylic acid groups (broad SMARTS) is 2. The molecule has 1 rings (SSSR count). The molecule has 1 aromatic carbocycles. The fraction of sp³-hybridized carbons (Fsp3) is 0.500. The molecule has 0 aliphatic heterocycles. The maximum atomic E-state index is 9.88. The number of nitrogens with one attached hydrogen (secondary N) is 1. The molecule has 0 fully saturated rings. The van der Waals surface area contributed by atoms with Crippen molar-refractivity contribution < 1.29 is 24.9 Å². The molecule has 0 heterocycles. The van der Waals surface area contributed by atoms with Gasteiger partial charge in [0, 0.05) is 24.7 Å². The number of aliphatic carboxylic acids is 2. The van der Waals surface area contributed by atoms with Crippen molar-refractivity contribution in [2.75, 3.05) is 26.2 Å². The summed E-state index contributed by atoms with van der Waals surface area (Å²) in [5, 5.41) is 28.7. The highest BCUT2D eigenvalue weighted by atomic mass is 35.5. The van der Waals surface area contributed by atoms with Gasteiger partial charge in [0.05, 0.1) is 6.10 Å². The van der Waals surface area contributed by atoms with E-state index in [1.165, 1.54) is 5.56 Å². The highest BCUT2D eigenvalue weighted by Gasteiger charge is 2.08. The number of aliphatic hydroxyl groups is 1. The summed E-state index contributed by atoms with van der Waals surface area (Å²) in [6.45, 7) is 8.26. The van der Waals surface area contributed by atoms with Gasteiger partial charge in [-0.05, 0) is 30.8 Å². The Balaban J connectivity index is 0.000000754. The third kappa shape index (κ3) is 11.0. The minimum absolute atomic E-state index is 0.322. The van der Waals surface area contributed by atoms with Crippen molar-refractivity contribution in [3.63, 3.8) is 0 Å². The van der Waals surface area contributed by atoms with Crippen LogP contribution >= 0.6 is 11.6 Å². The molecule has 0 spiro atoms. The summed E-state index contributed by atoms with van der Waals surface area (Å²) in [4.78, 5) is 20.4. The van der Waals surface area contributed by atoms with Crippen LogP contribution in [0, 0.1) is 0 Å². The first-order chi connectivity index (χ1) is 11.3. The van der Waals surface area contributed by atoms with Gasteiger partial charge in [0.25, 0.3) is 0 Å². The van der Waals surface area contributed by atoms with Crippen molar-refractivity contribution in [1.82, 2.24) is 10.2 Å². The van der Waals surface area contributed by atoms with E-state index in [-0.39, 0.29) is 6.10 Å². The SMILES string of the molecule is CCN(CC)CC(O)CNCc1ccc(Cl)cc1.O=C(O)C(=O)O. The molecule has 0 radical (unpaired) electrons. The molecule has 7 nitrogen and oxygen atoms in total. The molecule has 0 aliphatic carbocycles. The highest BCUT2D eigenvalue weighted by molar-refractivity contribution is 6.30. The van der Waals surface area contributed by atoms with Crippen LogP contribution in [0.5, 0.6) is 0 Å². The summed E-state index contributed by atoms with van der Waals surface area (Å²) in [5.41, 5.74) is 1.18. The third-order valence-electron chi connectivity index (χ3n) is 3.17. The Morgan fingerprint density at radius 2 is 1.62 bits per heavy atom. The number of hydrogen-bond acceptors (Lipinski definition) is 5. The molecule has 0 bridgehead atoms. The van der Waals surface area contributed by atoms with E-state index in [4.69, 9.17) is 31.4 Å². The number of aliphatic hydroxyl groups excluding tert-OH is 1. The number of likely N-dealkylation sites (N-methyl/N-ethyl adjacent to an activating group) is 1. The molecule has 0 saturated heterocycles. The number of halogens is 1. The van der Waals surface area contributed by atoms with Crippen molar-refractivity contribution in [2.24, 2.45) is 0 Å². The van der Waals surface area contributed by atoms with Crippen molar-refractivity contribution in [3.8, 4) is 0 Å². The lowest BCUT2D eigenvalue weighted by atomic mass is 10.2. The van der Waals surface area contributed by atoms with Gasteiger partial charge in [0.15, 0.2) is 0 Å². The first kappa shape index (κ1) is 22.3. The zero-order valence-corrected chi connectivity index (χ0v) is 14.7. The Hall–Kier alpha value is -1.67. The number of nitrogens with zero attached hydrogens (tertiary/aromatic N) is 1. The molecule has 0 amide bonds. The molecule has 136 valence electrons. The van der Waals surface area contributed by atoms with Crippen LogP contribution in [0.2, 0.25) is 5.02 Å². The van der Waals surface area contributed by atoms with E-state index in [2.05, 4.69) is 24.1 Å². The number of hydrogen-bond donors (Lipinski definition) is 4. The van der Waals surface area contributed by atoms with E-state index in [9.17, 15) is 5.11 Å². The van der Waals surface area contributed by atoms with Crippen molar-refractivity contribution in [1.29, 1.82) is 0 Å². The second-order valence-corrected chi connectivity index (χ2v) is 5.44. The Bertz CT molecular complexity index is 480. The van der Waals surface area contributed by atoms with Crippen LogP contribution in [0.15, 0.2) is 24.3 Å². The largest absolute Gasteiger partial charge is 0.473 e. The second kappa shape index (κ2) is 12.7. The van der Waals surface area contributed by atoms with Gasteiger partial charge in [-0.1, -0.05) is 37.6 Å². The average Bonchev–Trinajstić information content (AvgIpc) is 2.55. The highest BCUT2D eigenvalue weighted by Crippen LogP contribution is 2.09. The topological polar surface area (TPSA) is 110 Å². The quantitative estimate of drug-likeness (QED) is 0.517. The van der Waals surface area contributed by atoms with E-state index in [0.717, 1.165) is 31.2 Å². The molecule has 0 aliphatic rings. The van der Waals surface area contributed by atoms with E-state index in [0.29, 0.717) is 6.54 Å². The molecule has 1 atom stereocenters. The van der Waals surface area contributed by atoms with Crippen molar-refractivity contribution in [3.05, 3.63) is 34.9 Å². The van der Waals surface area contributed by atoms with Gasteiger partial charge in [-0.3, -0.25) is 0 Å². The van der Waals surface area contributed by atoms with Crippen LogP contribution in [0.1, 0.15) is 19.4 Å². The van der Waals surface area contributed by atoms with E-state index < -0.39 is 11.9 Å². The van der Waals surface area contributed by atoms with Gasteiger partial charge in [0.2, 0.25) is 0 Å². The standard InChI is InChI=1S/C14H23ClN2O.C2H2O4/c1-3-17(4-2)11-14(18)10-16-9-12-5-7-13(15)8-6-12;3-1(4)2(5)6/h5-8,14,16,18H,3-4,9-11H2,1-2H3;(H,3,4)(H,5,6). The first-order valence-corrected chi connectivity index (χ1v) is 7.99. The predicted molar refractivity (Wildman–Crippen MR) is 92.2 cm³/mol. The van der Waals surface area contributed by atoms with Gasteiger partial charge < -0.3 is 25.5 Å². The van der Waals surface area contributed by atoms with E-state index in [1.54, 1.807) is 0 Å². The van der Waals surface area contributed by atoms with Gasteiger partial charge in [0.1, 0.15) is 0 Å². The zero-order valence-electron chi connectivity index (χ0n) is 13.9. The van der Waals surface area contributed by atoms with E-state index in [1.807, 2.05) is 24.3 Å². The second-order valence-electron chi connectivity index (χ2n) is 5.01. The van der Waals surface area contributed by atoms with Crippen LogP contribution in [0.25, 0.3) is 0 Å². The zero-order chi connectivity index (χ0) is 18.5. The Kier molecular flexibility index (Phi) is 11.8. The fourth-order valence-corrected chi connectivity index (χ4v) is 1.96. The normalized spacial score (nSPS) is 11.5. The van der Waals surface area contributed by atoms with Crippen molar-refractivity contribution >= 4 is 23.5 Å². The molecule has 0 aromatic heterocycles. The summed E-state index contributed by atoms with van der Waals surface area (Å²) in [6, 6.07) is 7.74. The lowest BCUT2D eigenvalue weighted by molar-refractivity contribution is -0.159. The maximum Gasteiger partial charge on any atom is 0.414 e. The monoisotopic (exact) mass is 360 g/mol. The third-order valence-corrected chi connectivity index (χ3v) is 3.42. The van der Waals surface area contributed by atoms with Gasteiger partial charge in [-0.15, -0.1) is 0 Å². The molecule has 24 heavy (non-hydrogen) atoms. The summed E-state index contributed by atoms with van der Waals surface area (Å²) in [7, 11) is 0. The number of rotatable bonds is 8. The number of carboxylic acids is 2. The number of carbonyl (C=O) groups is 2. The molecule has 0 saturated carbocycles. The number of benzene rings is 1. The summed E-state index contributed by atoms with van der Waals surface area (Å²) >= 11 is 5.82. The molecular weight excluding hydrogens is 336 g/mol. The lowest BCUT2D eigenvalue weighted by Crippen LogP contribution is -2.38. The Labute approximate surface area is 146 Å². The molecule has 4 N–H and O–H groups in total. The predicted octanol–water partition coefficient (Wildman–Crippen LogP) is 1.29. The van der Waals surface area contributed by atoms with Crippen molar-refractivity contribution in [2.45, 2.75) is 26.5 Å². The smallest absolute Gasteiger partial charge is 0.414 e. The molecule has 1 unspecified atom stereocenters. The van der Waals surface area contributed by atoms with E-state index >= 15 is 0 Å². The Morgan fingerprint density at radius 3 is 2.04 bits per heavy atom. The van der Waals surface area contributed by atoms with Crippen LogP contribution in [-0.4, -0.2) is 64.4 Å². The summed E-state index contributed by atoms with van der Waals surface area (Å²) in [5.74, 6) is -3.65. The molecular formula is C16H25ClN2O5. The fourth-order valence-electron chi connectivity index (χ4n) is 1.83. The average molecular weight is 361 g/mol. The van der Waals surface area contributed by atoms with Crippen LogP contribution in [0.3, 0.4) is 0 Å². The van der Waals surface area contributed by atoms with Gasteiger partial charge >= 0.3 is 11.9 Å². The minimum Gasteiger partial charge on any atom is -0.473 e. The summed E-state index contributed by atoms with van der Waals surface area (Å²) in [6.07, 6.45) is -0.322. The van der Waals surface area contributed by atoms with Crippen LogP contribution in [-0.2, 0) is 16.1 Å². The van der Waals surface area contributed by atoms with Crippen LogP contribution in [0.4, 0.5) is 0 Å². The van der Waals surface area contributed by atoms with Gasteiger partial charge in [-0.2, -0.15) is 0 Å². The van der Waals surface area contributed by atoms with Gasteiger partial charge in [-0.25, -0.2) is 9.59 Å². The minimum atomic E-state index is -1.82. The molecule has 8 heteroatoms.